The lowest BCUT2D eigenvalue weighted by Crippen LogP contribution is -2.51. The summed E-state index contributed by atoms with van der Waals surface area (Å²) < 4.78 is 10.9. The molecule has 1 saturated carbocycles. The van der Waals surface area contributed by atoms with E-state index in [4.69, 9.17) is 14.5 Å². The summed E-state index contributed by atoms with van der Waals surface area (Å²) in [6.45, 7) is 7.18. The molecule has 0 radical (unpaired) electrons. The number of morpholine rings is 1. The zero-order valence-corrected chi connectivity index (χ0v) is 15.0. The average Bonchev–Trinajstić information content (AvgIpc) is 2.36. The highest BCUT2D eigenvalue weighted by Gasteiger charge is 2.23. The number of halogens is 1. The van der Waals surface area contributed by atoms with Gasteiger partial charge in [0.2, 0.25) is 0 Å². The van der Waals surface area contributed by atoms with E-state index in [1.165, 1.54) is 19.3 Å². The first-order chi connectivity index (χ1) is 9.33. The number of nitrogens with one attached hydrogen (secondary N) is 1. The molecule has 2 rings (SSSR count). The lowest BCUT2D eigenvalue weighted by atomic mass is 9.86. The van der Waals surface area contributed by atoms with Crippen LogP contribution in [0.3, 0.4) is 0 Å². The van der Waals surface area contributed by atoms with Gasteiger partial charge in [-0.25, -0.2) is 0 Å². The van der Waals surface area contributed by atoms with Crippen LogP contribution < -0.4 is 5.32 Å². The van der Waals surface area contributed by atoms with Crippen LogP contribution in [0.2, 0.25) is 0 Å². The molecule has 1 heterocycles. The zero-order valence-electron chi connectivity index (χ0n) is 12.6. The number of guanidine groups is 1. The number of rotatable bonds is 5. The van der Waals surface area contributed by atoms with E-state index >= 15 is 0 Å². The molecule has 2 fully saturated rings. The van der Waals surface area contributed by atoms with E-state index < -0.39 is 0 Å². The van der Waals surface area contributed by atoms with Crippen molar-refractivity contribution in [3.63, 3.8) is 0 Å². The Labute approximate surface area is 139 Å². The van der Waals surface area contributed by atoms with Crippen LogP contribution in [0.1, 0.15) is 26.2 Å². The molecule has 1 unspecified atom stereocenters. The quantitative estimate of drug-likeness (QED) is 0.436. The van der Waals surface area contributed by atoms with Gasteiger partial charge >= 0.3 is 0 Å². The Morgan fingerprint density at radius 1 is 1.45 bits per heavy atom. The number of methoxy groups -OCH3 is 1. The fourth-order valence-corrected chi connectivity index (χ4v) is 2.52. The first-order valence-electron chi connectivity index (χ1n) is 7.47. The summed E-state index contributed by atoms with van der Waals surface area (Å²) in [5.74, 6) is 1.85. The molecule has 1 N–H and O–H groups in total. The molecule has 1 aliphatic heterocycles. The molecule has 0 spiro atoms. The van der Waals surface area contributed by atoms with Crippen molar-refractivity contribution in [3.05, 3.63) is 0 Å². The van der Waals surface area contributed by atoms with Crippen LogP contribution in [-0.4, -0.2) is 63.5 Å². The fraction of sp³-hybridized carbons (Fsp3) is 0.929. The van der Waals surface area contributed by atoms with Gasteiger partial charge in [-0.15, -0.1) is 24.0 Å². The lowest BCUT2D eigenvalue weighted by Gasteiger charge is -2.35. The Balaban J connectivity index is 0.00000200. The second-order valence-electron chi connectivity index (χ2n) is 5.39. The van der Waals surface area contributed by atoms with Gasteiger partial charge in [0, 0.05) is 33.3 Å². The van der Waals surface area contributed by atoms with Crippen molar-refractivity contribution < 1.29 is 9.47 Å². The minimum atomic E-state index is 0. The minimum Gasteiger partial charge on any atom is -0.382 e. The number of nitrogens with zero attached hydrogens (tertiary/aromatic N) is 2. The van der Waals surface area contributed by atoms with Crippen LogP contribution in [0, 0.1) is 5.92 Å². The van der Waals surface area contributed by atoms with Gasteiger partial charge in [0.1, 0.15) is 0 Å². The van der Waals surface area contributed by atoms with Crippen LogP contribution in [0.4, 0.5) is 0 Å². The molecule has 1 atom stereocenters. The Kier molecular flexibility index (Phi) is 8.79. The van der Waals surface area contributed by atoms with Crippen molar-refractivity contribution in [1.82, 2.24) is 10.2 Å². The van der Waals surface area contributed by atoms with Gasteiger partial charge in [-0.3, -0.25) is 4.99 Å². The molecular weight excluding hydrogens is 369 g/mol. The maximum atomic E-state index is 5.69. The maximum absolute atomic E-state index is 5.69. The van der Waals surface area contributed by atoms with Gasteiger partial charge in [0.25, 0.3) is 0 Å². The largest absolute Gasteiger partial charge is 0.382 e. The molecule has 0 aromatic carbocycles. The first-order valence-corrected chi connectivity index (χ1v) is 7.47. The zero-order chi connectivity index (χ0) is 13.5. The van der Waals surface area contributed by atoms with E-state index in [0.29, 0.717) is 6.61 Å². The van der Waals surface area contributed by atoms with Crippen molar-refractivity contribution in [2.75, 3.05) is 46.5 Å². The van der Waals surface area contributed by atoms with Crippen LogP contribution in [0.15, 0.2) is 4.99 Å². The van der Waals surface area contributed by atoms with Gasteiger partial charge in [-0.2, -0.15) is 0 Å². The molecule has 6 heteroatoms. The average molecular weight is 397 g/mol. The van der Waals surface area contributed by atoms with Crippen molar-refractivity contribution in [2.24, 2.45) is 10.9 Å². The summed E-state index contributed by atoms with van der Waals surface area (Å²) >= 11 is 0. The summed E-state index contributed by atoms with van der Waals surface area (Å²) in [6, 6.07) is 0. The van der Waals surface area contributed by atoms with Crippen LogP contribution in [-0.2, 0) is 9.47 Å². The normalized spacial score (nSPS) is 24.0. The van der Waals surface area contributed by atoms with Crippen molar-refractivity contribution >= 4 is 29.9 Å². The second kappa shape index (κ2) is 9.78. The van der Waals surface area contributed by atoms with Crippen LogP contribution in [0.5, 0.6) is 0 Å². The van der Waals surface area contributed by atoms with E-state index in [1.807, 2.05) is 0 Å². The van der Waals surface area contributed by atoms with Gasteiger partial charge in [0.15, 0.2) is 5.96 Å². The summed E-state index contributed by atoms with van der Waals surface area (Å²) in [7, 11) is 1.72. The molecule has 0 aromatic heterocycles. The van der Waals surface area contributed by atoms with E-state index in [1.54, 1.807) is 7.11 Å². The Morgan fingerprint density at radius 2 is 2.25 bits per heavy atom. The van der Waals surface area contributed by atoms with Gasteiger partial charge in [-0.05, 0) is 25.7 Å². The number of hydrogen-bond donors (Lipinski definition) is 1. The predicted molar refractivity (Wildman–Crippen MR) is 91.9 cm³/mol. The molecule has 118 valence electrons. The minimum absolute atomic E-state index is 0. The van der Waals surface area contributed by atoms with Crippen molar-refractivity contribution in [2.45, 2.75) is 32.3 Å². The van der Waals surface area contributed by atoms with E-state index in [9.17, 15) is 0 Å². The van der Waals surface area contributed by atoms with Crippen LogP contribution in [0.25, 0.3) is 0 Å². The lowest BCUT2D eigenvalue weighted by molar-refractivity contribution is -0.0447. The van der Waals surface area contributed by atoms with Crippen molar-refractivity contribution in [3.8, 4) is 0 Å². The molecule has 5 nitrogen and oxygen atoms in total. The molecule has 20 heavy (non-hydrogen) atoms. The fourth-order valence-electron chi connectivity index (χ4n) is 2.52. The number of ether oxygens (including phenoxy) is 2. The number of aliphatic imine (C=N–C) groups is 1. The highest BCUT2D eigenvalue weighted by Crippen LogP contribution is 2.26. The van der Waals surface area contributed by atoms with Gasteiger partial charge in [-0.1, -0.05) is 6.42 Å². The molecule has 0 bridgehead atoms. The van der Waals surface area contributed by atoms with Crippen LogP contribution >= 0.6 is 24.0 Å². The monoisotopic (exact) mass is 397 g/mol. The number of hydrogen-bond acceptors (Lipinski definition) is 3. The molecule has 2 aliphatic rings. The third-order valence-electron chi connectivity index (χ3n) is 3.85. The summed E-state index contributed by atoms with van der Waals surface area (Å²) in [5, 5.41) is 3.40. The smallest absolute Gasteiger partial charge is 0.194 e. The molecule has 1 saturated heterocycles. The topological polar surface area (TPSA) is 46.1 Å². The first kappa shape index (κ1) is 18.0. The standard InChI is InChI=1S/C14H27N3O2.HI/c1-3-15-14(16-9-12-5-4-6-12)17-7-8-19-13(10-17)11-18-2;/h12-13H,3-11H2,1-2H3,(H,15,16);1H. The van der Waals surface area contributed by atoms with Gasteiger partial charge < -0.3 is 19.7 Å². The summed E-state index contributed by atoms with van der Waals surface area (Å²) in [6.07, 6.45) is 4.23. The maximum Gasteiger partial charge on any atom is 0.194 e. The molecule has 0 aromatic rings. The third kappa shape index (κ3) is 5.37. The Bertz CT molecular complexity index is 296. The molecule has 1 aliphatic carbocycles. The molecule has 0 amide bonds. The molecular formula is C14H28IN3O2. The van der Waals surface area contributed by atoms with E-state index in [0.717, 1.165) is 44.7 Å². The highest BCUT2D eigenvalue weighted by atomic mass is 127. The van der Waals surface area contributed by atoms with E-state index in [2.05, 4.69) is 17.1 Å². The highest BCUT2D eigenvalue weighted by molar-refractivity contribution is 14.0. The predicted octanol–water partition coefficient (Wildman–Crippen LogP) is 1.72. The third-order valence-corrected chi connectivity index (χ3v) is 3.85. The van der Waals surface area contributed by atoms with E-state index in [-0.39, 0.29) is 30.1 Å². The summed E-state index contributed by atoms with van der Waals surface area (Å²) in [4.78, 5) is 7.09. The Morgan fingerprint density at radius 3 is 2.85 bits per heavy atom. The second-order valence-corrected chi connectivity index (χ2v) is 5.39. The van der Waals surface area contributed by atoms with Gasteiger partial charge in [0.05, 0.1) is 19.3 Å². The van der Waals surface area contributed by atoms with Crippen molar-refractivity contribution in [1.29, 1.82) is 0 Å². The SMILES string of the molecule is CCNC(=NCC1CCC1)N1CCOC(COC)C1.I. The summed E-state index contributed by atoms with van der Waals surface area (Å²) in [5.41, 5.74) is 0. The Hall–Kier alpha value is -0.0800.